The van der Waals surface area contributed by atoms with Gasteiger partial charge in [-0.1, -0.05) is 12.1 Å². The highest BCUT2D eigenvalue weighted by Crippen LogP contribution is 2.15. The van der Waals surface area contributed by atoms with Gasteiger partial charge in [0.2, 0.25) is 0 Å². The zero-order valence-corrected chi connectivity index (χ0v) is 13.8. The van der Waals surface area contributed by atoms with Gasteiger partial charge in [0.15, 0.2) is 5.76 Å². The van der Waals surface area contributed by atoms with Crippen molar-refractivity contribution in [2.24, 2.45) is 0 Å². The molecule has 0 spiro atoms. The summed E-state index contributed by atoms with van der Waals surface area (Å²) in [5.41, 5.74) is 1.75. The van der Waals surface area contributed by atoms with Gasteiger partial charge in [-0.15, -0.1) is 0 Å². The van der Waals surface area contributed by atoms with E-state index in [0.717, 1.165) is 11.1 Å². The van der Waals surface area contributed by atoms with Gasteiger partial charge in [-0.3, -0.25) is 9.59 Å². The molecular formula is C18H21NO5. The van der Waals surface area contributed by atoms with Crippen molar-refractivity contribution in [3.8, 4) is 5.75 Å². The largest absolute Gasteiger partial charge is 0.494 e. The zero-order valence-electron chi connectivity index (χ0n) is 13.8. The molecule has 0 radical (unpaired) electrons. The number of benzene rings is 1. The number of hydrogen-bond donors (Lipinski definition) is 2. The molecule has 0 fully saturated rings. The molecule has 0 atom stereocenters. The second kappa shape index (κ2) is 8.19. The van der Waals surface area contributed by atoms with Crippen LogP contribution < -0.4 is 10.1 Å². The van der Waals surface area contributed by atoms with Gasteiger partial charge < -0.3 is 19.6 Å². The van der Waals surface area contributed by atoms with Gasteiger partial charge >= 0.3 is 5.97 Å². The Morgan fingerprint density at radius 1 is 1.21 bits per heavy atom. The first-order valence-corrected chi connectivity index (χ1v) is 7.74. The Balaban J connectivity index is 1.80. The number of carbonyl (C=O) groups excluding carboxylic acids is 1. The van der Waals surface area contributed by atoms with Crippen molar-refractivity contribution >= 4 is 11.9 Å². The van der Waals surface area contributed by atoms with Crippen molar-refractivity contribution in [1.29, 1.82) is 0 Å². The number of ether oxygens (including phenoxy) is 1. The molecule has 1 aromatic carbocycles. The minimum Gasteiger partial charge on any atom is -0.494 e. The smallest absolute Gasteiger partial charge is 0.303 e. The number of amides is 1. The molecule has 1 aromatic heterocycles. The number of rotatable bonds is 8. The molecule has 2 rings (SSSR count). The van der Waals surface area contributed by atoms with Crippen molar-refractivity contribution in [2.75, 3.05) is 6.61 Å². The Morgan fingerprint density at radius 2 is 1.92 bits per heavy atom. The van der Waals surface area contributed by atoms with Gasteiger partial charge in [0.25, 0.3) is 5.91 Å². The summed E-state index contributed by atoms with van der Waals surface area (Å²) in [6, 6.07) is 9.13. The molecule has 0 aliphatic rings. The highest BCUT2D eigenvalue weighted by atomic mass is 16.5. The van der Waals surface area contributed by atoms with Crippen LogP contribution in [0.5, 0.6) is 5.75 Å². The maximum atomic E-state index is 12.1. The van der Waals surface area contributed by atoms with Gasteiger partial charge in [0.1, 0.15) is 11.5 Å². The molecule has 6 heteroatoms. The van der Waals surface area contributed by atoms with Gasteiger partial charge in [-0.25, -0.2) is 0 Å². The number of carbonyl (C=O) groups is 2. The number of aryl methyl sites for hydroxylation is 2. The Labute approximate surface area is 140 Å². The summed E-state index contributed by atoms with van der Waals surface area (Å²) in [5.74, 6) is 0.655. The molecule has 128 valence electrons. The van der Waals surface area contributed by atoms with E-state index < -0.39 is 5.97 Å². The van der Waals surface area contributed by atoms with E-state index in [-0.39, 0.29) is 12.3 Å². The lowest BCUT2D eigenvalue weighted by atomic mass is 10.2. The topological polar surface area (TPSA) is 88.8 Å². The van der Waals surface area contributed by atoms with Crippen LogP contribution >= 0.6 is 0 Å². The first kappa shape index (κ1) is 17.6. The number of aliphatic carboxylic acids is 1. The maximum absolute atomic E-state index is 12.1. The van der Waals surface area contributed by atoms with E-state index in [1.54, 1.807) is 19.1 Å². The molecule has 0 aliphatic carbocycles. The van der Waals surface area contributed by atoms with Crippen LogP contribution in [-0.2, 0) is 11.3 Å². The molecule has 2 N–H and O–H groups in total. The van der Waals surface area contributed by atoms with E-state index in [4.69, 9.17) is 14.3 Å². The van der Waals surface area contributed by atoms with Crippen LogP contribution in [0, 0.1) is 13.8 Å². The first-order valence-electron chi connectivity index (χ1n) is 7.74. The van der Waals surface area contributed by atoms with Crippen LogP contribution in [0.25, 0.3) is 0 Å². The number of nitrogens with one attached hydrogen (secondary N) is 1. The van der Waals surface area contributed by atoms with Gasteiger partial charge in [0, 0.05) is 18.5 Å². The summed E-state index contributed by atoms with van der Waals surface area (Å²) in [5, 5.41) is 11.4. The average Bonchev–Trinajstić information content (AvgIpc) is 2.89. The third-order valence-corrected chi connectivity index (χ3v) is 3.43. The van der Waals surface area contributed by atoms with E-state index in [1.807, 2.05) is 25.1 Å². The minimum absolute atomic E-state index is 0.0930. The molecule has 6 nitrogen and oxygen atoms in total. The Bertz CT molecular complexity index is 703. The molecule has 0 saturated carbocycles. The second-order valence-electron chi connectivity index (χ2n) is 5.54. The standard InChI is InChI=1S/C18H21NO5/c1-12-10-13(2)24-17(12)18(22)19-11-14-5-7-15(8-6-14)23-9-3-4-16(20)21/h5-8,10H,3-4,9,11H2,1-2H3,(H,19,22)(H,20,21). The van der Waals surface area contributed by atoms with Crippen LogP contribution in [-0.4, -0.2) is 23.6 Å². The average molecular weight is 331 g/mol. The number of hydrogen-bond acceptors (Lipinski definition) is 4. The van der Waals surface area contributed by atoms with Crippen LogP contribution in [0.2, 0.25) is 0 Å². The molecule has 0 aliphatic heterocycles. The van der Waals surface area contributed by atoms with Crippen LogP contribution in [0.4, 0.5) is 0 Å². The van der Waals surface area contributed by atoms with E-state index in [1.165, 1.54) is 0 Å². The van der Waals surface area contributed by atoms with E-state index >= 15 is 0 Å². The van der Waals surface area contributed by atoms with Crippen molar-refractivity contribution < 1.29 is 23.8 Å². The predicted molar refractivity (Wildman–Crippen MR) is 88.2 cm³/mol. The molecule has 0 bridgehead atoms. The fourth-order valence-corrected chi connectivity index (χ4v) is 2.25. The van der Waals surface area contributed by atoms with E-state index in [9.17, 15) is 9.59 Å². The maximum Gasteiger partial charge on any atom is 0.303 e. The molecule has 0 saturated heterocycles. The predicted octanol–water partition coefficient (Wildman–Crippen LogP) is 3.07. The van der Waals surface area contributed by atoms with E-state index in [2.05, 4.69) is 5.32 Å². The minimum atomic E-state index is -0.827. The Kier molecular flexibility index (Phi) is 6.01. The quantitative estimate of drug-likeness (QED) is 0.726. The van der Waals surface area contributed by atoms with Gasteiger partial charge in [0.05, 0.1) is 6.61 Å². The number of carboxylic acid groups (broad SMARTS) is 1. The second-order valence-corrected chi connectivity index (χ2v) is 5.54. The van der Waals surface area contributed by atoms with Crippen LogP contribution in [0.15, 0.2) is 34.7 Å². The molecule has 24 heavy (non-hydrogen) atoms. The van der Waals surface area contributed by atoms with Crippen molar-refractivity contribution in [2.45, 2.75) is 33.2 Å². The molecule has 1 amide bonds. The SMILES string of the molecule is Cc1cc(C)c(C(=O)NCc2ccc(OCCCC(=O)O)cc2)o1. The molecule has 1 heterocycles. The highest BCUT2D eigenvalue weighted by molar-refractivity contribution is 5.92. The normalized spacial score (nSPS) is 10.4. The number of carboxylic acids is 1. The summed E-state index contributed by atoms with van der Waals surface area (Å²) in [6.45, 7) is 4.39. The lowest BCUT2D eigenvalue weighted by Crippen LogP contribution is -2.22. The number of furan rings is 1. The van der Waals surface area contributed by atoms with Crippen molar-refractivity contribution in [3.05, 3.63) is 53.0 Å². The lowest BCUT2D eigenvalue weighted by Gasteiger charge is -2.07. The Hall–Kier alpha value is -2.76. The third kappa shape index (κ3) is 5.15. The van der Waals surface area contributed by atoms with Crippen LogP contribution in [0.3, 0.4) is 0 Å². The fourth-order valence-electron chi connectivity index (χ4n) is 2.25. The molecular weight excluding hydrogens is 310 g/mol. The third-order valence-electron chi connectivity index (χ3n) is 3.43. The van der Waals surface area contributed by atoms with E-state index in [0.29, 0.717) is 36.8 Å². The molecule has 0 unspecified atom stereocenters. The molecule has 2 aromatic rings. The van der Waals surface area contributed by atoms with Crippen LogP contribution in [0.1, 0.15) is 40.3 Å². The van der Waals surface area contributed by atoms with Crippen molar-refractivity contribution in [1.82, 2.24) is 5.32 Å². The van der Waals surface area contributed by atoms with Crippen molar-refractivity contribution in [3.63, 3.8) is 0 Å². The summed E-state index contributed by atoms with van der Waals surface area (Å²) >= 11 is 0. The Morgan fingerprint density at radius 3 is 2.50 bits per heavy atom. The lowest BCUT2D eigenvalue weighted by molar-refractivity contribution is -0.137. The summed E-state index contributed by atoms with van der Waals surface area (Å²) < 4.78 is 10.8. The van der Waals surface area contributed by atoms with Gasteiger partial charge in [-0.2, -0.15) is 0 Å². The summed E-state index contributed by atoms with van der Waals surface area (Å²) in [4.78, 5) is 22.5. The summed E-state index contributed by atoms with van der Waals surface area (Å²) in [7, 11) is 0. The highest BCUT2D eigenvalue weighted by Gasteiger charge is 2.13. The first-order chi connectivity index (χ1) is 11.5. The van der Waals surface area contributed by atoms with Gasteiger partial charge in [-0.05, 0) is 44.0 Å². The zero-order chi connectivity index (χ0) is 17.5. The monoisotopic (exact) mass is 331 g/mol. The fraction of sp³-hybridized carbons (Fsp3) is 0.333. The summed E-state index contributed by atoms with van der Waals surface area (Å²) in [6.07, 6.45) is 0.560.